The highest BCUT2D eigenvalue weighted by atomic mass is 15.4. The molecule has 2 heteroatoms. The zero-order chi connectivity index (χ0) is 33.0. The quantitative estimate of drug-likeness (QED) is 0.0617. The molecule has 0 aromatic rings. The van der Waals surface area contributed by atoms with E-state index < -0.39 is 0 Å². The smallest absolute Gasteiger partial charge is 0.101 e. The first-order chi connectivity index (χ1) is 22.8. The lowest BCUT2D eigenvalue weighted by Crippen LogP contribution is -2.39. The molecule has 0 spiro atoms. The van der Waals surface area contributed by atoms with Gasteiger partial charge in [-0.25, -0.2) is 0 Å². The van der Waals surface area contributed by atoms with Crippen LogP contribution >= 0.6 is 0 Å². The zero-order valence-electron chi connectivity index (χ0n) is 32.5. The monoisotopic (exact) mass is 645 g/mol. The molecule has 274 valence electrons. The third-order valence-corrected chi connectivity index (χ3v) is 10.8. The molecule has 0 aromatic heterocycles. The van der Waals surface area contributed by atoms with Gasteiger partial charge in [-0.3, -0.25) is 0 Å². The van der Waals surface area contributed by atoms with Crippen molar-refractivity contribution >= 4 is 0 Å². The highest BCUT2D eigenvalue weighted by Crippen LogP contribution is 2.24. The predicted octanol–water partition coefficient (Wildman–Crippen LogP) is 15.5. The molecule has 0 saturated carbocycles. The minimum Gasteiger partial charge on any atom is -0.356 e. The van der Waals surface area contributed by atoms with E-state index in [-0.39, 0.29) is 0 Å². The van der Waals surface area contributed by atoms with Crippen LogP contribution in [-0.2, 0) is 0 Å². The van der Waals surface area contributed by atoms with Gasteiger partial charge in [0.25, 0.3) is 0 Å². The van der Waals surface area contributed by atoms with Crippen LogP contribution in [0.2, 0.25) is 0 Å². The van der Waals surface area contributed by atoms with E-state index in [1.807, 2.05) is 0 Å². The van der Waals surface area contributed by atoms with Crippen LogP contribution in [0.15, 0.2) is 12.4 Å². The normalized spacial score (nSPS) is 14.7. The summed E-state index contributed by atoms with van der Waals surface area (Å²) >= 11 is 0. The summed E-state index contributed by atoms with van der Waals surface area (Å²) in [5, 5.41) is 0. The number of rotatable bonds is 38. The topological polar surface area (TPSA) is 6.48 Å². The molecule has 0 saturated heterocycles. The van der Waals surface area contributed by atoms with Crippen LogP contribution in [0.3, 0.4) is 0 Å². The van der Waals surface area contributed by atoms with Gasteiger partial charge in [0.15, 0.2) is 0 Å². The Hall–Kier alpha value is -0.660. The Morgan fingerprint density at radius 3 is 0.761 bits per heavy atom. The second-order valence-electron chi connectivity index (χ2n) is 15.4. The van der Waals surface area contributed by atoms with Crippen LogP contribution in [0.1, 0.15) is 252 Å². The Kier molecular flexibility index (Phi) is 33.6. The van der Waals surface area contributed by atoms with Crippen molar-refractivity contribution in [3.05, 3.63) is 12.4 Å². The molecule has 1 heterocycles. The lowest BCUT2D eigenvalue weighted by Gasteiger charge is -2.33. The van der Waals surface area contributed by atoms with Crippen molar-refractivity contribution in [2.75, 3.05) is 13.1 Å². The maximum Gasteiger partial charge on any atom is 0.101 e. The first-order valence-corrected chi connectivity index (χ1v) is 22.0. The van der Waals surface area contributed by atoms with E-state index in [4.69, 9.17) is 0 Å². The van der Waals surface area contributed by atoms with E-state index in [2.05, 4.69) is 43.0 Å². The molecule has 1 aliphatic heterocycles. The molecule has 2 nitrogen and oxygen atoms in total. The lowest BCUT2D eigenvalue weighted by molar-refractivity contribution is 0.135. The van der Waals surface area contributed by atoms with Gasteiger partial charge in [-0.05, 0) is 25.7 Å². The second kappa shape index (κ2) is 35.6. The molecule has 1 unspecified atom stereocenters. The van der Waals surface area contributed by atoms with Gasteiger partial charge >= 0.3 is 0 Å². The fourth-order valence-electron chi connectivity index (χ4n) is 7.60. The van der Waals surface area contributed by atoms with Gasteiger partial charge in [0.1, 0.15) is 6.17 Å². The number of hydrogen-bond acceptors (Lipinski definition) is 2. The molecule has 1 aliphatic rings. The first kappa shape index (κ1) is 43.4. The molecule has 0 radical (unpaired) electrons. The number of nitrogens with zero attached hydrogens (tertiary/aromatic N) is 2. The molecule has 0 amide bonds. The summed E-state index contributed by atoms with van der Waals surface area (Å²) in [6.07, 6.45) is 57.4. The minimum absolute atomic E-state index is 0.638. The van der Waals surface area contributed by atoms with Crippen molar-refractivity contribution in [2.45, 2.75) is 258 Å². The summed E-state index contributed by atoms with van der Waals surface area (Å²) < 4.78 is 0. The van der Waals surface area contributed by atoms with Crippen LogP contribution in [0.4, 0.5) is 0 Å². The minimum atomic E-state index is 0.638. The highest BCUT2D eigenvalue weighted by molar-refractivity contribution is 4.97. The van der Waals surface area contributed by atoms with E-state index in [1.54, 1.807) is 0 Å². The number of unbranched alkanes of at least 4 members (excludes halogenated alkanes) is 32. The first-order valence-electron chi connectivity index (χ1n) is 22.0. The standard InChI is InChI=1S/C44H88N2/c1-4-7-10-13-16-19-21-22-23-24-25-27-29-32-35-38-41-46-43-42-45(40-37-34-31-18-15-12-9-6-3)44(46)39-36-33-30-28-26-20-17-14-11-8-5-2/h42-44H,4-41H2,1-3H3. The average molecular weight is 645 g/mol. The van der Waals surface area contributed by atoms with Gasteiger partial charge in [-0.2, -0.15) is 0 Å². The molecule has 0 N–H and O–H groups in total. The average Bonchev–Trinajstić information content (AvgIpc) is 3.45. The van der Waals surface area contributed by atoms with E-state index in [0.29, 0.717) is 6.17 Å². The van der Waals surface area contributed by atoms with Gasteiger partial charge in [0.05, 0.1) is 0 Å². The van der Waals surface area contributed by atoms with Crippen molar-refractivity contribution < 1.29 is 0 Å². The summed E-state index contributed by atoms with van der Waals surface area (Å²) in [4.78, 5) is 5.45. The van der Waals surface area contributed by atoms with Crippen LogP contribution in [0.5, 0.6) is 0 Å². The van der Waals surface area contributed by atoms with Crippen LogP contribution < -0.4 is 0 Å². The second-order valence-corrected chi connectivity index (χ2v) is 15.4. The van der Waals surface area contributed by atoms with Crippen LogP contribution in [-0.4, -0.2) is 29.1 Å². The molecule has 0 bridgehead atoms. The zero-order valence-corrected chi connectivity index (χ0v) is 32.5. The third-order valence-electron chi connectivity index (χ3n) is 10.8. The summed E-state index contributed by atoms with van der Waals surface area (Å²) in [5.74, 6) is 0. The third kappa shape index (κ3) is 27.3. The maximum atomic E-state index is 2.73. The lowest BCUT2D eigenvalue weighted by atomic mass is 10.0. The SMILES string of the molecule is CCCCCCCCCCCCCCCCCCN1C=CN(CCCCCCCCCC)C1CCCCCCCCCCCCC. The Labute approximate surface area is 292 Å². The van der Waals surface area contributed by atoms with Gasteiger partial charge in [-0.1, -0.05) is 226 Å². The van der Waals surface area contributed by atoms with Crippen molar-refractivity contribution in [3.63, 3.8) is 0 Å². The molecule has 0 fully saturated rings. The summed E-state index contributed by atoms with van der Waals surface area (Å²) in [6.45, 7) is 9.49. The summed E-state index contributed by atoms with van der Waals surface area (Å²) in [6, 6.07) is 0. The molecule has 46 heavy (non-hydrogen) atoms. The van der Waals surface area contributed by atoms with Crippen molar-refractivity contribution in [1.82, 2.24) is 9.80 Å². The van der Waals surface area contributed by atoms with Crippen molar-refractivity contribution in [3.8, 4) is 0 Å². The fraction of sp³-hybridized carbons (Fsp3) is 0.955. The molecule has 0 aromatic carbocycles. The Morgan fingerprint density at radius 1 is 0.283 bits per heavy atom. The molecular formula is C44H88N2. The Balaban J connectivity index is 2.17. The van der Waals surface area contributed by atoms with E-state index >= 15 is 0 Å². The number of hydrogen-bond donors (Lipinski definition) is 0. The fourth-order valence-corrected chi connectivity index (χ4v) is 7.60. The van der Waals surface area contributed by atoms with Crippen LogP contribution in [0.25, 0.3) is 0 Å². The van der Waals surface area contributed by atoms with E-state index in [1.165, 1.54) is 244 Å². The van der Waals surface area contributed by atoms with Gasteiger partial charge in [0.2, 0.25) is 0 Å². The maximum absolute atomic E-state index is 2.73. The highest BCUT2D eigenvalue weighted by Gasteiger charge is 2.24. The van der Waals surface area contributed by atoms with Gasteiger partial charge < -0.3 is 9.80 Å². The Morgan fingerprint density at radius 2 is 0.500 bits per heavy atom. The van der Waals surface area contributed by atoms with Crippen molar-refractivity contribution in [1.29, 1.82) is 0 Å². The van der Waals surface area contributed by atoms with Crippen molar-refractivity contribution in [2.24, 2.45) is 0 Å². The molecule has 0 aliphatic carbocycles. The molecular weight excluding hydrogens is 556 g/mol. The summed E-state index contributed by atoms with van der Waals surface area (Å²) in [5.41, 5.74) is 0. The molecule has 1 rings (SSSR count). The summed E-state index contributed by atoms with van der Waals surface area (Å²) in [7, 11) is 0. The largest absolute Gasteiger partial charge is 0.356 e. The predicted molar refractivity (Wildman–Crippen MR) is 210 cm³/mol. The van der Waals surface area contributed by atoms with Gasteiger partial charge in [-0.15, -0.1) is 0 Å². The van der Waals surface area contributed by atoms with E-state index in [0.717, 1.165) is 0 Å². The molecule has 1 atom stereocenters. The van der Waals surface area contributed by atoms with E-state index in [9.17, 15) is 0 Å². The van der Waals surface area contributed by atoms with Gasteiger partial charge in [0, 0.05) is 25.5 Å². The van der Waals surface area contributed by atoms with Crippen LogP contribution in [0, 0.1) is 0 Å². The Bertz CT molecular complexity index is 601.